The van der Waals surface area contributed by atoms with Crippen LogP contribution in [-0.4, -0.2) is 23.9 Å². The lowest BCUT2D eigenvalue weighted by molar-refractivity contribution is 0.117. The Balaban J connectivity index is 2.14. The Hall–Kier alpha value is -1.65. The number of ether oxygens (including phenoxy) is 1. The van der Waals surface area contributed by atoms with Gasteiger partial charge < -0.3 is 10.1 Å². The first kappa shape index (κ1) is 13.8. The van der Waals surface area contributed by atoms with Gasteiger partial charge in [0.15, 0.2) is 0 Å². The van der Waals surface area contributed by atoms with Crippen LogP contribution in [-0.2, 0) is 16.8 Å². The molecule has 0 aliphatic heterocycles. The van der Waals surface area contributed by atoms with Gasteiger partial charge >= 0.3 is 0 Å². The molecule has 0 amide bonds. The fourth-order valence-corrected chi connectivity index (χ4v) is 2.18. The second-order valence-corrected chi connectivity index (χ2v) is 5.00. The third-order valence-corrected chi connectivity index (χ3v) is 3.45. The monoisotopic (exact) mass is 259 g/mol. The fourth-order valence-electron chi connectivity index (χ4n) is 2.18. The number of methoxy groups -OCH3 is 1. The molecule has 4 nitrogen and oxygen atoms in total. The summed E-state index contributed by atoms with van der Waals surface area (Å²) in [6.07, 6.45) is 1.86. The summed E-state index contributed by atoms with van der Waals surface area (Å²) in [5.74, 6) is 0. The summed E-state index contributed by atoms with van der Waals surface area (Å²) in [4.78, 5) is 0. The van der Waals surface area contributed by atoms with E-state index in [1.807, 2.05) is 31.3 Å². The van der Waals surface area contributed by atoms with Gasteiger partial charge in [0.1, 0.15) is 0 Å². The zero-order valence-corrected chi connectivity index (χ0v) is 11.7. The maximum atomic E-state index is 5.38. The molecule has 2 aromatic rings. The SMILES string of the molecule is COC[C@](C)(NCc1cn[nH]c1C)c1ccccc1. The van der Waals surface area contributed by atoms with E-state index in [-0.39, 0.29) is 5.54 Å². The normalized spacial score (nSPS) is 14.3. The first-order valence-corrected chi connectivity index (χ1v) is 6.44. The van der Waals surface area contributed by atoms with Crippen molar-refractivity contribution in [1.82, 2.24) is 15.5 Å². The first-order chi connectivity index (χ1) is 9.15. The Bertz CT molecular complexity index is 509. The van der Waals surface area contributed by atoms with E-state index in [2.05, 4.69) is 34.6 Å². The molecule has 1 aromatic heterocycles. The number of H-pyrrole nitrogens is 1. The van der Waals surface area contributed by atoms with Crippen molar-refractivity contribution in [1.29, 1.82) is 0 Å². The third-order valence-electron chi connectivity index (χ3n) is 3.45. The van der Waals surface area contributed by atoms with Crippen LogP contribution >= 0.6 is 0 Å². The highest BCUT2D eigenvalue weighted by molar-refractivity contribution is 5.24. The van der Waals surface area contributed by atoms with Crippen LogP contribution in [0.1, 0.15) is 23.7 Å². The van der Waals surface area contributed by atoms with Crippen LogP contribution in [0.15, 0.2) is 36.5 Å². The van der Waals surface area contributed by atoms with E-state index in [9.17, 15) is 0 Å². The zero-order valence-electron chi connectivity index (χ0n) is 11.7. The minimum absolute atomic E-state index is 0.209. The highest BCUT2D eigenvalue weighted by atomic mass is 16.5. The molecule has 19 heavy (non-hydrogen) atoms. The number of hydrogen-bond acceptors (Lipinski definition) is 3. The molecule has 0 bridgehead atoms. The van der Waals surface area contributed by atoms with Crippen LogP contribution in [0, 0.1) is 6.92 Å². The van der Waals surface area contributed by atoms with Gasteiger partial charge in [-0.2, -0.15) is 5.10 Å². The van der Waals surface area contributed by atoms with Crippen molar-refractivity contribution >= 4 is 0 Å². The molecular weight excluding hydrogens is 238 g/mol. The topological polar surface area (TPSA) is 49.9 Å². The number of aryl methyl sites for hydroxylation is 1. The van der Waals surface area contributed by atoms with Gasteiger partial charge in [-0.05, 0) is 19.4 Å². The van der Waals surface area contributed by atoms with Crippen LogP contribution in [0.4, 0.5) is 0 Å². The van der Waals surface area contributed by atoms with E-state index in [4.69, 9.17) is 4.74 Å². The number of hydrogen-bond donors (Lipinski definition) is 2. The third kappa shape index (κ3) is 3.22. The van der Waals surface area contributed by atoms with Crippen LogP contribution in [0.3, 0.4) is 0 Å². The molecule has 2 N–H and O–H groups in total. The minimum atomic E-state index is -0.209. The highest BCUT2D eigenvalue weighted by Crippen LogP contribution is 2.21. The predicted molar refractivity (Wildman–Crippen MR) is 75.8 cm³/mol. The number of aromatic amines is 1. The molecule has 0 saturated carbocycles. The minimum Gasteiger partial charge on any atom is -0.382 e. The summed E-state index contributed by atoms with van der Waals surface area (Å²) in [5.41, 5.74) is 3.29. The van der Waals surface area contributed by atoms with Gasteiger partial charge in [0.2, 0.25) is 0 Å². The molecule has 0 fully saturated rings. The molecule has 0 aliphatic rings. The fraction of sp³-hybridized carbons (Fsp3) is 0.400. The highest BCUT2D eigenvalue weighted by Gasteiger charge is 2.26. The van der Waals surface area contributed by atoms with Gasteiger partial charge in [0, 0.05) is 24.9 Å². The number of nitrogens with one attached hydrogen (secondary N) is 2. The van der Waals surface area contributed by atoms with E-state index in [1.165, 1.54) is 11.1 Å². The van der Waals surface area contributed by atoms with E-state index < -0.39 is 0 Å². The van der Waals surface area contributed by atoms with E-state index in [0.29, 0.717) is 6.61 Å². The summed E-state index contributed by atoms with van der Waals surface area (Å²) >= 11 is 0. The smallest absolute Gasteiger partial charge is 0.0683 e. The Kier molecular flexibility index (Phi) is 4.35. The Labute approximate surface area is 114 Å². The predicted octanol–water partition coefficient (Wildman–Crippen LogP) is 2.37. The average molecular weight is 259 g/mol. The zero-order chi connectivity index (χ0) is 13.7. The van der Waals surface area contributed by atoms with Crippen molar-refractivity contribution in [2.45, 2.75) is 25.9 Å². The maximum Gasteiger partial charge on any atom is 0.0683 e. The van der Waals surface area contributed by atoms with E-state index >= 15 is 0 Å². The van der Waals surface area contributed by atoms with Gasteiger partial charge in [0.05, 0.1) is 18.3 Å². The quantitative estimate of drug-likeness (QED) is 0.837. The van der Waals surface area contributed by atoms with Gasteiger partial charge in [0.25, 0.3) is 0 Å². The van der Waals surface area contributed by atoms with Crippen LogP contribution in [0.25, 0.3) is 0 Å². The largest absolute Gasteiger partial charge is 0.382 e. The summed E-state index contributed by atoms with van der Waals surface area (Å²) in [7, 11) is 1.73. The van der Waals surface area contributed by atoms with Gasteiger partial charge in [-0.3, -0.25) is 5.10 Å². The summed E-state index contributed by atoms with van der Waals surface area (Å²) in [6.45, 7) is 5.56. The number of rotatable bonds is 6. The lowest BCUT2D eigenvalue weighted by Crippen LogP contribution is -2.43. The molecule has 4 heteroatoms. The lowest BCUT2D eigenvalue weighted by atomic mass is 9.92. The summed E-state index contributed by atoms with van der Waals surface area (Å²) in [6, 6.07) is 10.4. The molecule has 1 heterocycles. The molecule has 1 aromatic carbocycles. The molecule has 0 radical (unpaired) electrons. The Morgan fingerprint density at radius 3 is 2.63 bits per heavy atom. The molecule has 0 saturated heterocycles. The van der Waals surface area contributed by atoms with Gasteiger partial charge in [-0.15, -0.1) is 0 Å². The Morgan fingerprint density at radius 1 is 1.32 bits per heavy atom. The number of nitrogens with zero attached hydrogens (tertiary/aromatic N) is 1. The molecule has 2 rings (SSSR count). The second kappa shape index (κ2) is 5.99. The summed E-state index contributed by atoms with van der Waals surface area (Å²) in [5, 5.41) is 10.6. The summed E-state index contributed by atoms with van der Waals surface area (Å²) < 4.78 is 5.38. The molecule has 0 aliphatic carbocycles. The van der Waals surface area contributed by atoms with Crippen LogP contribution in [0.2, 0.25) is 0 Å². The first-order valence-electron chi connectivity index (χ1n) is 6.44. The maximum absolute atomic E-state index is 5.38. The van der Waals surface area contributed by atoms with Crippen LogP contribution in [0.5, 0.6) is 0 Å². The van der Waals surface area contributed by atoms with Crippen molar-refractivity contribution in [2.24, 2.45) is 0 Å². The average Bonchev–Trinajstić information content (AvgIpc) is 2.83. The second-order valence-electron chi connectivity index (χ2n) is 5.00. The van der Waals surface area contributed by atoms with Crippen molar-refractivity contribution in [3.05, 3.63) is 53.3 Å². The van der Waals surface area contributed by atoms with Crippen molar-refractivity contribution in [3.8, 4) is 0 Å². The molecule has 1 atom stereocenters. The van der Waals surface area contributed by atoms with Crippen LogP contribution < -0.4 is 5.32 Å². The molecular formula is C15H21N3O. The van der Waals surface area contributed by atoms with Crippen molar-refractivity contribution < 1.29 is 4.74 Å². The molecule has 0 unspecified atom stereocenters. The lowest BCUT2D eigenvalue weighted by Gasteiger charge is -2.31. The number of benzene rings is 1. The van der Waals surface area contributed by atoms with E-state index in [1.54, 1.807) is 7.11 Å². The van der Waals surface area contributed by atoms with E-state index in [0.717, 1.165) is 12.2 Å². The molecule has 102 valence electrons. The van der Waals surface area contributed by atoms with Crippen molar-refractivity contribution in [3.63, 3.8) is 0 Å². The van der Waals surface area contributed by atoms with Gasteiger partial charge in [-0.25, -0.2) is 0 Å². The Morgan fingerprint density at radius 2 is 2.05 bits per heavy atom. The standard InChI is InChI=1S/C15H21N3O/c1-12-13(10-17-18-12)9-16-15(2,11-19-3)14-7-5-4-6-8-14/h4-8,10,16H,9,11H2,1-3H3,(H,17,18)/t15-/m0/s1. The van der Waals surface area contributed by atoms with Crippen molar-refractivity contribution in [2.75, 3.05) is 13.7 Å². The number of aromatic nitrogens is 2. The molecule has 0 spiro atoms. The van der Waals surface area contributed by atoms with Gasteiger partial charge in [-0.1, -0.05) is 30.3 Å².